The molecular formula is C28H30N2O4S. The van der Waals surface area contributed by atoms with Gasteiger partial charge in [-0.3, -0.25) is 4.79 Å². The molecule has 0 aliphatic rings. The number of hydrogen-bond donors (Lipinski definition) is 1. The van der Waals surface area contributed by atoms with Crippen molar-refractivity contribution in [3.8, 4) is 43.9 Å². The van der Waals surface area contributed by atoms with Gasteiger partial charge in [0, 0.05) is 11.8 Å². The normalized spacial score (nSPS) is 11.5. The van der Waals surface area contributed by atoms with Crippen LogP contribution in [-0.4, -0.2) is 34.8 Å². The molecule has 0 saturated carbocycles. The van der Waals surface area contributed by atoms with Crippen molar-refractivity contribution in [2.45, 2.75) is 33.7 Å². The van der Waals surface area contributed by atoms with E-state index in [2.05, 4.69) is 20.8 Å². The number of benzene rings is 2. The average Bonchev–Trinajstić information content (AvgIpc) is 3.41. The first-order chi connectivity index (χ1) is 16.7. The van der Waals surface area contributed by atoms with Crippen LogP contribution in [0.4, 0.5) is 0 Å². The SMILES string of the molecule is COc1ccc(-c2nc(-c3c(CC(C)(C)C)ccn3CC(=O)O)sc2-c2ccc(OC)cc2)cc1. The molecule has 4 aromatic rings. The Balaban J connectivity index is 1.91. The molecule has 2 aromatic carbocycles. The fraction of sp³-hybridized carbons (Fsp3) is 0.286. The van der Waals surface area contributed by atoms with Crippen LogP contribution in [-0.2, 0) is 17.8 Å². The monoisotopic (exact) mass is 490 g/mol. The molecule has 0 unspecified atom stereocenters. The molecule has 0 atom stereocenters. The number of carbonyl (C=O) groups is 1. The van der Waals surface area contributed by atoms with E-state index in [-0.39, 0.29) is 12.0 Å². The van der Waals surface area contributed by atoms with Gasteiger partial charge in [-0.2, -0.15) is 0 Å². The lowest BCUT2D eigenvalue weighted by atomic mass is 9.88. The third-order valence-electron chi connectivity index (χ3n) is 5.62. The molecule has 0 aliphatic carbocycles. The van der Waals surface area contributed by atoms with E-state index >= 15 is 0 Å². The molecule has 0 aliphatic heterocycles. The maximum Gasteiger partial charge on any atom is 0.323 e. The lowest BCUT2D eigenvalue weighted by Gasteiger charge is -2.18. The van der Waals surface area contributed by atoms with Crippen LogP contribution in [0.25, 0.3) is 32.4 Å². The predicted octanol–water partition coefficient (Wildman–Crippen LogP) is 6.64. The molecule has 35 heavy (non-hydrogen) atoms. The number of hydrogen-bond acceptors (Lipinski definition) is 5. The quantitative estimate of drug-likeness (QED) is 0.300. The van der Waals surface area contributed by atoms with Gasteiger partial charge in [-0.25, -0.2) is 4.98 Å². The summed E-state index contributed by atoms with van der Waals surface area (Å²) in [5.74, 6) is 0.678. The van der Waals surface area contributed by atoms with Gasteiger partial charge in [0.05, 0.1) is 30.5 Å². The number of nitrogens with zero attached hydrogens (tertiary/aromatic N) is 2. The van der Waals surface area contributed by atoms with Crippen LogP contribution in [0.5, 0.6) is 11.5 Å². The van der Waals surface area contributed by atoms with Gasteiger partial charge in [0.1, 0.15) is 23.1 Å². The van der Waals surface area contributed by atoms with E-state index in [1.54, 1.807) is 30.1 Å². The van der Waals surface area contributed by atoms with Crippen LogP contribution in [0, 0.1) is 5.41 Å². The van der Waals surface area contributed by atoms with E-state index < -0.39 is 5.97 Å². The maximum atomic E-state index is 11.6. The Bertz CT molecular complexity index is 1250. The molecule has 182 valence electrons. The van der Waals surface area contributed by atoms with E-state index in [9.17, 15) is 9.90 Å². The molecule has 0 spiro atoms. The van der Waals surface area contributed by atoms with E-state index in [0.717, 1.165) is 55.9 Å². The molecule has 0 amide bonds. The lowest BCUT2D eigenvalue weighted by Crippen LogP contribution is -2.12. The number of rotatable bonds is 8. The summed E-state index contributed by atoms with van der Waals surface area (Å²) in [5, 5.41) is 10.3. The first-order valence-corrected chi connectivity index (χ1v) is 12.2. The molecule has 1 N–H and O–H groups in total. The van der Waals surface area contributed by atoms with Crippen LogP contribution in [0.15, 0.2) is 60.8 Å². The fourth-order valence-corrected chi connectivity index (χ4v) is 5.26. The summed E-state index contributed by atoms with van der Waals surface area (Å²) in [6.07, 6.45) is 2.66. The third kappa shape index (κ3) is 5.57. The molecule has 0 saturated heterocycles. The molecule has 0 radical (unpaired) electrons. The summed E-state index contributed by atoms with van der Waals surface area (Å²) < 4.78 is 12.5. The van der Waals surface area contributed by atoms with Gasteiger partial charge in [-0.05, 0) is 77.6 Å². The zero-order chi connectivity index (χ0) is 25.2. The number of ether oxygens (including phenoxy) is 2. The first-order valence-electron chi connectivity index (χ1n) is 11.4. The van der Waals surface area contributed by atoms with Crippen molar-refractivity contribution in [3.63, 3.8) is 0 Å². The maximum absolute atomic E-state index is 11.6. The van der Waals surface area contributed by atoms with Gasteiger partial charge in [0.2, 0.25) is 0 Å². The van der Waals surface area contributed by atoms with Crippen molar-refractivity contribution in [1.82, 2.24) is 9.55 Å². The Morgan fingerprint density at radius 2 is 1.51 bits per heavy atom. The van der Waals surface area contributed by atoms with Crippen LogP contribution >= 0.6 is 11.3 Å². The number of methoxy groups -OCH3 is 2. The zero-order valence-corrected chi connectivity index (χ0v) is 21.5. The van der Waals surface area contributed by atoms with E-state index in [4.69, 9.17) is 14.5 Å². The van der Waals surface area contributed by atoms with Crippen LogP contribution in [0.2, 0.25) is 0 Å². The zero-order valence-electron chi connectivity index (χ0n) is 20.7. The Morgan fingerprint density at radius 3 is 2.03 bits per heavy atom. The van der Waals surface area contributed by atoms with E-state index in [0.29, 0.717) is 0 Å². The molecule has 0 bridgehead atoms. The highest BCUT2D eigenvalue weighted by Crippen LogP contribution is 2.43. The van der Waals surface area contributed by atoms with Crippen molar-refractivity contribution in [2.75, 3.05) is 14.2 Å². The van der Waals surface area contributed by atoms with Gasteiger partial charge in [-0.1, -0.05) is 20.8 Å². The summed E-state index contributed by atoms with van der Waals surface area (Å²) in [7, 11) is 3.29. The van der Waals surface area contributed by atoms with Gasteiger partial charge in [0.25, 0.3) is 0 Å². The Hall–Kier alpha value is -3.58. The van der Waals surface area contributed by atoms with Gasteiger partial charge < -0.3 is 19.1 Å². The minimum absolute atomic E-state index is 0.0407. The number of carboxylic acids is 1. The highest BCUT2D eigenvalue weighted by Gasteiger charge is 2.24. The molecule has 4 rings (SSSR count). The summed E-state index contributed by atoms with van der Waals surface area (Å²) in [6, 6.07) is 17.8. The molecule has 2 heterocycles. The predicted molar refractivity (Wildman–Crippen MR) is 140 cm³/mol. The molecule has 7 heteroatoms. The van der Waals surface area contributed by atoms with Crippen molar-refractivity contribution in [2.24, 2.45) is 5.41 Å². The van der Waals surface area contributed by atoms with Crippen molar-refractivity contribution in [3.05, 3.63) is 66.4 Å². The summed E-state index contributed by atoms with van der Waals surface area (Å²) in [4.78, 5) is 17.7. The van der Waals surface area contributed by atoms with Crippen LogP contribution < -0.4 is 9.47 Å². The van der Waals surface area contributed by atoms with E-state index in [1.165, 1.54) is 0 Å². The smallest absolute Gasteiger partial charge is 0.323 e. The highest BCUT2D eigenvalue weighted by atomic mass is 32.1. The second-order valence-corrected chi connectivity index (χ2v) is 10.6. The Morgan fingerprint density at radius 1 is 0.943 bits per heavy atom. The molecular weight excluding hydrogens is 460 g/mol. The number of aromatic nitrogens is 2. The van der Waals surface area contributed by atoms with Crippen LogP contribution in [0.1, 0.15) is 26.3 Å². The van der Waals surface area contributed by atoms with Gasteiger partial charge in [0.15, 0.2) is 0 Å². The average molecular weight is 491 g/mol. The van der Waals surface area contributed by atoms with Crippen molar-refractivity contribution >= 4 is 17.3 Å². The molecule has 2 aromatic heterocycles. The topological polar surface area (TPSA) is 73.6 Å². The number of thiazole rings is 1. The largest absolute Gasteiger partial charge is 0.497 e. The van der Waals surface area contributed by atoms with Gasteiger partial charge in [-0.15, -0.1) is 11.3 Å². The molecule has 0 fully saturated rings. The number of carboxylic acid groups (broad SMARTS) is 1. The Kier molecular flexibility index (Phi) is 6.98. The van der Waals surface area contributed by atoms with Gasteiger partial charge >= 0.3 is 5.97 Å². The standard InChI is InChI=1S/C28H30N2O4S/c1-28(2,3)16-20-14-15-30(17-23(31)32)25(20)27-29-24(18-6-10-21(33-4)11-7-18)26(35-27)19-8-12-22(34-5)13-9-19/h6-15H,16-17H2,1-5H3,(H,31,32). The first kappa shape index (κ1) is 24.5. The van der Waals surface area contributed by atoms with Crippen molar-refractivity contribution in [1.29, 1.82) is 0 Å². The summed E-state index contributed by atoms with van der Waals surface area (Å²) in [5.41, 5.74) is 4.83. The number of aliphatic carboxylic acids is 1. The Labute approximate surface area is 209 Å². The minimum Gasteiger partial charge on any atom is -0.497 e. The minimum atomic E-state index is -0.883. The van der Waals surface area contributed by atoms with Crippen LogP contribution in [0.3, 0.4) is 0 Å². The van der Waals surface area contributed by atoms with Crippen molar-refractivity contribution < 1.29 is 19.4 Å². The lowest BCUT2D eigenvalue weighted by molar-refractivity contribution is -0.137. The fourth-order valence-electron chi connectivity index (χ4n) is 4.07. The third-order valence-corrected chi connectivity index (χ3v) is 6.73. The second-order valence-electron chi connectivity index (χ2n) is 9.60. The summed E-state index contributed by atoms with van der Waals surface area (Å²) >= 11 is 1.57. The van der Waals surface area contributed by atoms with E-state index in [1.807, 2.05) is 60.8 Å². The summed E-state index contributed by atoms with van der Waals surface area (Å²) in [6.45, 7) is 6.42. The molecule has 6 nitrogen and oxygen atoms in total. The highest BCUT2D eigenvalue weighted by molar-refractivity contribution is 7.19. The second kappa shape index (κ2) is 9.96.